The number of hydrogen-bond donors (Lipinski definition) is 0. The molecule has 0 aromatic carbocycles. The summed E-state index contributed by atoms with van der Waals surface area (Å²) in [6.07, 6.45) is 0.856. The summed E-state index contributed by atoms with van der Waals surface area (Å²) in [5, 5.41) is 0.0962. The van der Waals surface area contributed by atoms with Gasteiger partial charge in [-0.1, -0.05) is 32.4 Å². The van der Waals surface area contributed by atoms with Crippen molar-refractivity contribution < 1.29 is 14.3 Å². The van der Waals surface area contributed by atoms with Crippen LogP contribution in [0.1, 0.15) is 20.8 Å². The van der Waals surface area contributed by atoms with E-state index in [0.717, 1.165) is 0 Å². The van der Waals surface area contributed by atoms with Crippen molar-refractivity contribution in [2.24, 2.45) is 5.41 Å². The van der Waals surface area contributed by atoms with E-state index in [2.05, 4.69) is 0 Å². The molecule has 0 aromatic rings. The summed E-state index contributed by atoms with van der Waals surface area (Å²) in [6.45, 7) is 6.63. The topological polar surface area (TPSA) is 35.5 Å². The molecule has 1 unspecified atom stereocenters. The first-order valence-electron chi connectivity index (χ1n) is 4.08. The molecule has 1 heterocycles. The number of rotatable bonds is 2. The van der Waals surface area contributed by atoms with E-state index < -0.39 is 12.3 Å². The van der Waals surface area contributed by atoms with Crippen LogP contribution in [0.2, 0.25) is 0 Å². The first-order valence-corrected chi connectivity index (χ1v) is 4.46. The maximum atomic E-state index is 10.8. The molecule has 0 saturated carbocycles. The zero-order chi connectivity index (χ0) is 10.1. The number of cyclic esters (lactones) is 1. The third-order valence-corrected chi connectivity index (χ3v) is 1.66. The Morgan fingerprint density at radius 1 is 1.62 bits per heavy atom. The Labute approximate surface area is 82.7 Å². The summed E-state index contributed by atoms with van der Waals surface area (Å²) in [5.41, 5.74) is 0.0509. The molecule has 1 rings (SSSR count). The van der Waals surface area contributed by atoms with Crippen LogP contribution in [0.3, 0.4) is 0 Å². The molecule has 0 amide bonds. The minimum absolute atomic E-state index is 0.0509. The fraction of sp³-hybridized carbons (Fsp3) is 0.667. The highest BCUT2D eigenvalue weighted by Crippen LogP contribution is 2.20. The van der Waals surface area contributed by atoms with Gasteiger partial charge in [-0.25, -0.2) is 4.79 Å². The van der Waals surface area contributed by atoms with Gasteiger partial charge in [-0.2, -0.15) is 0 Å². The quantitative estimate of drug-likeness (QED) is 0.646. The van der Waals surface area contributed by atoms with Crippen molar-refractivity contribution in [3.05, 3.63) is 11.1 Å². The van der Waals surface area contributed by atoms with E-state index >= 15 is 0 Å². The van der Waals surface area contributed by atoms with E-state index in [0.29, 0.717) is 6.61 Å². The van der Waals surface area contributed by atoms with Gasteiger partial charge >= 0.3 is 5.97 Å². The second-order valence-electron chi connectivity index (χ2n) is 4.16. The van der Waals surface area contributed by atoms with Crippen LogP contribution in [0.25, 0.3) is 0 Å². The van der Waals surface area contributed by atoms with Crippen LogP contribution in [-0.2, 0) is 14.3 Å². The van der Waals surface area contributed by atoms with Crippen LogP contribution >= 0.6 is 11.6 Å². The van der Waals surface area contributed by atoms with Crippen molar-refractivity contribution in [3.8, 4) is 0 Å². The molecule has 1 aliphatic heterocycles. The zero-order valence-electron chi connectivity index (χ0n) is 7.96. The van der Waals surface area contributed by atoms with Crippen LogP contribution in [0.15, 0.2) is 11.1 Å². The van der Waals surface area contributed by atoms with Crippen molar-refractivity contribution in [1.29, 1.82) is 0 Å². The lowest BCUT2D eigenvalue weighted by Crippen LogP contribution is -2.21. The van der Waals surface area contributed by atoms with E-state index in [9.17, 15) is 4.79 Å². The van der Waals surface area contributed by atoms with Gasteiger partial charge in [0.1, 0.15) is 5.03 Å². The third-order valence-electron chi connectivity index (χ3n) is 1.38. The van der Waals surface area contributed by atoms with Gasteiger partial charge in [-0.05, 0) is 5.41 Å². The van der Waals surface area contributed by atoms with E-state index in [1.54, 1.807) is 0 Å². The maximum Gasteiger partial charge on any atom is 0.352 e. The van der Waals surface area contributed by atoms with Gasteiger partial charge in [-0.3, -0.25) is 0 Å². The number of ether oxygens (including phenoxy) is 2. The maximum absolute atomic E-state index is 10.8. The summed E-state index contributed by atoms with van der Waals surface area (Å²) < 4.78 is 10.1. The van der Waals surface area contributed by atoms with Crippen molar-refractivity contribution in [2.45, 2.75) is 27.1 Å². The van der Waals surface area contributed by atoms with Gasteiger partial charge in [0, 0.05) is 6.08 Å². The predicted molar refractivity (Wildman–Crippen MR) is 49.2 cm³/mol. The number of hydrogen-bond acceptors (Lipinski definition) is 3. The number of esters is 1. The fourth-order valence-corrected chi connectivity index (χ4v) is 0.945. The molecule has 0 fully saturated rings. The molecule has 4 heteroatoms. The summed E-state index contributed by atoms with van der Waals surface area (Å²) in [4.78, 5) is 10.8. The Balaban J connectivity index is 2.38. The van der Waals surface area contributed by atoms with Crippen LogP contribution in [0.5, 0.6) is 0 Å². The Bertz CT molecular complexity index is 240. The average molecular weight is 205 g/mol. The van der Waals surface area contributed by atoms with Gasteiger partial charge in [-0.15, -0.1) is 0 Å². The minimum Gasteiger partial charge on any atom is -0.428 e. The Morgan fingerprint density at radius 2 is 2.23 bits per heavy atom. The Hall–Kier alpha value is -0.540. The largest absolute Gasteiger partial charge is 0.428 e. The van der Waals surface area contributed by atoms with Crippen molar-refractivity contribution in [3.63, 3.8) is 0 Å². The van der Waals surface area contributed by atoms with Gasteiger partial charge in [0.05, 0.1) is 6.61 Å². The molecule has 3 nitrogen and oxygen atoms in total. The third kappa shape index (κ3) is 3.36. The summed E-state index contributed by atoms with van der Waals surface area (Å²) in [7, 11) is 0. The lowest BCUT2D eigenvalue weighted by atomic mass is 9.99. The molecule has 0 radical (unpaired) electrons. The molecule has 0 bridgehead atoms. The number of carbonyl (C=O) groups is 1. The van der Waals surface area contributed by atoms with Crippen molar-refractivity contribution in [1.82, 2.24) is 0 Å². The van der Waals surface area contributed by atoms with Crippen molar-refractivity contribution in [2.75, 3.05) is 6.61 Å². The van der Waals surface area contributed by atoms with Crippen molar-refractivity contribution >= 4 is 17.6 Å². The van der Waals surface area contributed by atoms with Crippen LogP contribution in [0.4, 0.5) is 0 Å². The molecule has 0 spiro atoms. The molecule has 13 heavy (non-hydrogen) atoms. The highest BCUT2D eigenvalue weighted by Gasteiger charge is 2.25. The molecule has 0 N–H and O–H groups in total. The molecular formula is C9H13ClO3. The zero-order valence-corrected chi connectivity index (χ0v) is 8.72. The van der Waals surface area contributed by atoms with Gasteiger partial charge in [0.2, 0.25) is 6.29 Å². The minimum atomic E-state index is -0.612. The molecule has 0 saturated heterocycles. The summed E-state index contributed by atoms with van der Waals surface area (Å²) in [5.74, 6) is -0.513. The highest BCUT2D eigenvalue weighted by molar-refractivity contribution is 6.41. The average Bonchev–Trinajstić information content (AvgIpc) is 2.27. The first-order chi connectivity index (χ1) is 5.88. The Kier molecular flexibility index (Phi) is 2.98. The lowest BCUT2D eigenvalue weighted by molar-refractivity contribution is -0.162. The second-order valence-corrected chi connectivity index (χ2v) is 4.57. The van der Waals surface area contributed by atoms with E-state index in [4.69, 9.17) is 21.1 Å². The highest BCUT2D eigenvalue weighted by atomic mass is 35.5. The molecule has 1 atom stereocenters. The van der Waals surface area contributed by atoms with Gasteiger partial charge in [0.15, 0.2) is 0 Å². The fourth-order valence-electron chi connectivity index (χ4n) is 0.798. The van der Waals surface area contributed by atoms with Gasteiger partial charge < -0.3 is 9.47 Å². The Morgan fingerprint density at radius 3 is 2.62 bits per heavy atom. The second kappa shape index (κ2) is 3.68. The smallest absolute Gasteiger partial charge is 0.352 e. The molecule has 74 valence electrons. The van der Waals surface area contributed by atoms with E-state index in [1.807, 2.05) is 20.8 Å². The van der Waals surface area contributed by atoms with Gasteiger partial charge in [0.25, 0.3) is 0 Å². The van der Waals surface area contributed by atoms with E-state index in [-0.39, 0.29) is 10.4 Å². The number of carbonyl (C=O) groups excluding carboxylic acids is 1. The monoisotopic (exact) mass is 204 g/mol. The molecule has 0 aliphatic carbocycles. The number of halogens is 1. The SMILES string of the molecule is CC(C)(C)COC1C=C(Cl)C(=O)O1. The predicted octanol–water partition coefficient (Wildman–Crippen LogP) is 2.05. The normalized spacial score (nSPS) is 22.9. The lowest BCUT2D eigenvalue weighted by Gasteiger charge is -2.19. The molecular weight excluding hydrogens is 192 g/mol. The first kappa shape index (κ1) is 10.5. The standard InChI is InChI=1S/C9H13ClO3/c1-9(2,3)5-12-7-4-6(10)8(11)13-7/h4,7H,5H2,1-3H3. The van der Waals surface area contributed by atoms with E-state index in [1.165, 1.54) is 6.08 Å². The van der Waals surface area contributed by atoms with Crippen LogP contribution < -0.4 is 0 Å². The van der Waals surface area contributed by atoms with Crippen LogP contribution in [-0.4, -0.2) is 18.9 Å². The van der Waals surface area contributed by atoms with Crippen LogP contribution in [0, 0.1) is 5.41 Å². The molecule has 0 aromatic heterocycles. The summed E-state index contributed by atoms with van der Waals surface area (Å²) >= 11 is 5.51. The molecule has 1 aliphatic rings. The summed E-state index contributed by atoms with van der Waals surface area (Å²) in [6, 6.07) is 0.